The molecule has 1 saturated heterocycles. The van der Waals surface area contributed by atoms with Crippen LogP contribution in [0.15, 0.2) is 30.6 Å². The molecule has 3 rings (SSSR count). The van der Waals surface area contributed by atoms with E-state index in [1.165, 1.54) is 24.6 Å². The molecule has 1 heterocycles. The molecule has 0 aliphatic carbocycles. The topological polar surface area (TPSA) is 0 Å². The molecule has 1 fully saturated rings. The minimum Gasteiger partial charge on any atom is -0.212 e. The predicted octanol–water partition coefficient (Wildman–Crippen LogP) is 7.66. The molecule has 0 unspecified atom stereocenters. The fraction of sp³-hybridized carbons (Fsp3) is 0.364. The molecule has 1 aliphatic rings. The van der Waals surface area contributed by atoms with E-state index in [9.17, 15) is 26.3 Å². The second-order valence-electron chi connectivity index (χ2n) is 7.64. The first-order valence-corrected chi connectivity index (χ1v) is 12.2. The fourth-order valence-corrected chi connectivity index (χ4v) is 7.73. The Labute approximate surface area is 167 Å². The quantitative estimate of drug-likeness (QED) is 0.339. The summed E-state index contributed by atoms with van der Waals surface area (Å²) in [6, 6.07) is 7.23. The van der Waals surface area contributed by atoms with Crippen LogP contribution in [0.2, 0.25) is 18.1 Å². The molecule has 0 saturated carbocycles. The van der Waals surface area contributed by atoms with Gasteiger partial charge in [0.05, 0.1) is 11.1 Å². The molecule has 0 radical (unpaired) electrons. The highest BCUT2D eigenvalue weighted by Gasteiger charge is 2.26. The molecule has 0 N–H and O–H groups in total. The molecule has 0 atom stereocenters. The third-order valence-electron chi connectivity index (χ3n) is 5.74. The van der Waals surface area contributed by atoms with Crippen LogP contribution in [0.5, 0.6) is 0 Å². The van der Waals surface area contributed by atoms with Gasteiger partial charge in [-0.2, -0.15) is 0 Å². The standard InChI is InChI=1S/C22H22F6Si/c1-2-5-29-6-3-13(4-7-29)14-8-16(24)21(17(25)9-14)15-10-18(26)22(19(27)11-15)20(28)12-23/h8-13,29H,2-7H2,1H3/t13-,29-. The molecule has 1 aliphatic heterocycles. The van der Waals surface area contributed by atoms with Gasteiger partial charge in [-0.15, -0.1) is 0 Å². The average Bonchev–Trinajstić information content (AvgIpc) is 2.67. The van der Waals surface area contributed by atoms with Gasteiger partial charge < -0.3 is 0 Å². The van der Waals surface area contributed by atoms with Crippen molar-refractivity contribution in [2.24, 2.45) is 0 Å². The fourth-order valence-electron chi connectivity index (χ4n) is 4.30. The molecule has 2 aromatic carbocycles. The summed E-state index contributed by atoms with van der Waals surface area (Å²) in [5.41, 5.74) is -1.65. The van der Waals surface area contributed by atoms with Gasteiger partial charge in [-0.1, -0.05) is 31.5 Å². The lowest BCUT2D eigenvalue weighted by Gasteiger charge is -2.28. The smallest absolute Gasteiger partial charge is 0.164 e. The summed E-state index contributed by atoms with van der Waals surface area (Å²) >= 11 is 0. The van der Waals surface area contributed by atoms with Gasteiger partial charge in [-0.3, -0.25) is 0 Å². The van der Waals surface area contributed by atoms with E-state index in [0.717, 1.165) is 24.9 Å². The van der Waals surface area contributed by atoms with Crippen molar-refractivity contribution in [3.05, 3.63) is 65.0 Å². The average molecular weight is 428 g/mol. The Balaban J connectivity index is 1.91. The summed E-state index contributed by atoms with van der Waals surface area (Å²) in [6.45, 7) is 2.17. The van der Waals surface area contributed by atoms with Crippen LogP contribution in [-0.2, 0) is 0 Å². The Morgan fingerprint density at radius 2 is 1.52 bits per heavy atom. The lowest BCUT2D eigenvalue weighted by Crippen LogP contribution is -2.20. The molecule has 7 heteroatoms. The zero-order valence-electron chi connectivity index (χ0n) is 16.1. The van der Waals surface area contributed by atoms with E-state index in [2.05, 4.69) is 6.92 Å². The van der Waals surface area contributed by atoms with E-state index < -0.39 is 60.9 Å². The summed E-state index contributed by atoms with van der Waals surface area (Å²) in [5.74, 6) is -6.39. The van der Waals surface area contributed by atoms with Crippen LogP contribution in [0, 0.1) is 23.3 Å². The van der Waals surface area contributed by atoms with Crippen molar-refractivity contribution in [2.45, 2.75) is 50.2 Å². The second-order valence-corrected chi connectivity index (χ2v) is 11.1. The van der Waals surface area contributed by atoms with E-state index >= 15 is 0 Å². The maximum absolute atomic E-state index is 14.7. The molecular formula is C22H22F6Si. The molecule has 29 heavy (non-hydrogen) atoms. The third-order valence-corrected chi connectivity index (χ3v) is 9.44. The van der Waals surface area contributed by atoms with Gasteiger partial charge in [-0.05, 0) is 54.2 Å². The monoisotopic (exact) mass is 428 g/mol. The van der Waals surface area contributed by atoms with E-state index in [1.807, 2.05) is 0 Å². The molecule has 0 nitrogen and oxygen atoms in total. The van der Waals surface area contributed by atoms with Gasteiger partial charge in [0.2, 0.25) is 0 Å². The van der Waals surface area contributed by atoms with Crippen molar-refractivity contribution in [1.82, 2.24) is 0 Å². The first-order chi connectivity index (χ1) is 13.8. The van der Waals surface area contributed by atoms with Crippen LogP contribution in [0.1, 0.15) is 43.2 Å². The highest BCUT2D eigenvalue weighted by atomic mass is 28.3. The molecule has 156 valence electrons. The summed E-state index contributed by atoms with van der Waals surface area (Å²) in [7, 11) is -0.732. The lowest BCUT2D eigenvalue weighted by molar-refractivity contribution is 0.555. The number of hydrogen-bond acceptors (Lipinski definition) is 0. The molecule has 0 amide bonds. The molecule has 0 aromatic heterocycles. The minimum absolute atomic E-state index is 0.0771. The van der Waals surface area contributed by atoms with Crippen LogP contribution >= 0.6 is 0 Å². The lowest BCUT2D eigenvalue weighted by atomic mass is 9.91. The molecule has 0 spiro atoms. The Bertz CT molecular complexity index is 870. The van der Waals surface area contributed by atoms with Crippen molar-refractivity contribution in [1.29, 1.82) is 0 Å². The number of benzene rings is 2. The largest absolute Gasteiger partial charge is 0.212 e. The Hall–Kier alpha value is -2.02. The highest BCUT2D eigenvalue weighted by molar-refractivity contribution is 6.59. The van der Waals surface area contributed by atoms with Crippen LogP contribution in [0.3, 0.4) is 0 Å². The van der Waals surface area contributed by atoms with E-state index in [-0.39, 0.29) is 5.92 Å². The number of hydrogen-bond donors (Lipinski definition) is 0. The maximum Gasteiger partial charge on any atom is 0.164 e. The summed E-state index contributed by atoms with van der Waals surface area (Å²) in [5, 5.41) is 0. The van der Waals surface area contributed by atoms with E-state index in [1.54, 1.807) is 0 Å². The first kappa shape index (κ1) is 21.7. The van der Waals surface area contributed by atoms with Crippen LogP contribution in [0.4, 0.5) is 26.3 Å². The van der Waals surface area contributed by atoms with Crippen molar-refractivity contribution >= 4 is 14.6 Å². The molecular weight excluding hydrogens is 406 g/mol. The van der Waals surface area contributed by atoms with Crippen molar-refractivity contribution in [2.75, 3.05) is 0 Å². The summed E-state index contributed by atoms with van der Waals surface area (Å²) in [4.78, 5) is 0. The van der Waals surface area contributed by atoms with Crippen molar-refractivity contribution in [3.8, 4) is 11.1 Å². The third kappa shape index (κ3) is 4.60. The SMILES string of the molecule is CCC[Si@H]1CC[C@H](c2cc(F)c(-c3cc(F)c(C(F)=CF)c(F)c3)c(F)c2)CC1. The van der Waals surface area contributed by atoms with Gasteiger partial charge in [0, 0.05) is 8.80 Å². The van der Waals surface area contributed by atoms with E-state index in [0.29, 0.717) is 17.7 Å². The zero-order chi connectivity index (χ0) is 21.1. The van der Waals surface area contributed by atoms with Crippen LogP contribution in [-0.4, -0.2) is 8.80 Å². The van der Waals surface area contributed by atoms with Gasteiger partial charge in [0.25, 0.3) is 0 Å². The van der Waals surface area contributed by atoms with Gasteiger partial charge in [0.15, 0.2) is 5.83 Å². The van der Waals surface area contributed by atoms with E-state index in [4.69, 9.17) is 0 Å². The zero-order valence-corrected chi connectivity index (χ0v) is 17.2. The van der Waals surface area contributed by atoms with Gasteiger partial charge in [0.1, 0.15) is 29.6 Å². The summed E-state index contributed by atoms with van der Waals surface area (Å²) in [6.07, 6.45) is 2.41. The van der Waals surface area contributed by atoms with Crippen molar-refractivity contribution < 1.29 is 26.3 Å². The maximum atomic E-state index is 14.7. The molecule has 0 bridgehead atoms. The predicted molar refractivity (Wildman–Crippen MR) is 106 cm³/mol. The summed E-state index contributed by atoms with van der Waals surface area (Å²) < 4.78 is 83.1. The highest BCUT2D eigenvalue weighted by Crippen LogP contribution is 2.38. The molecule has 2 aromatic rings. The van der Waals surface area contributed by atoms with Gasteiger partial charge >= 0.3 is 0 Å². The van der Waals surface area contributed by atoms with Crippen LogP contribution < -0.4 is 0 Å². The van der Waals surface area contributed by atoms with Crippen molar-refractivity contribution in [3.63, 3.8) is 0 Å². The second kappa shape index (κ2) is 9.20. The minimum atomic E-state index is -1.73. The van der Waals surface area contributed by atoms with Crippen LogP contribution in [0.25, 0.3) is 17.0 Å². The Morgan fingerprint density at radius 1 is 0.966 bits per heavy atom. The normalized spacial score (nSPS) is 20.2. The Morgan fingerprint density at radius 3 is 2.00 bits per heavy atom. The number of rotatable bonds is 5. The van der Waals surface area contributed by atoms with Gasteiger partial charge in [-0.25, -0.2) is 26.3 Å². The Kier molecular flexibility index (Phi) is 6.88. The first-order valence-electron chi connectivity index (χ1n) is 9.80. The number of halogens is 6.